The lowest BCUT2D eigenvalue weighted by Crippen LogP contribution is -2.08. The van der Waals surface area contributed by atoms with E-state index in [9.17, 15) is 9.59 Å². The quantitative estimate of drug-likeness (QED) is 0.343. The van der Waals surface area contributed by atoms with Crippen LogP contribution >= 0.6 is 0 Å². The third kappa shape index (κ3) is 7.66. The van der Waals surface area contributed by atoms with Crippen molar-refractivity contribution in [2.75, 3.05) is 0 Å². The number of aromatic nitrogens is 6. The summed E-state index contributed by atoms with van der Waals surface area (Å²) in [7, 11) is 0. The van der Waals surface area contributed by atoms with Crippen molar-refractivity contribution >= 4 is 11.9 Å². The van der Waals surface area contributed by atoms with Crippen molar-refractivity contribution in [3.05, 3.63) is 85.0 Å². The molecule has 0 atom stereocenters. The van der Waals surface area contributed by atoms with Crippen LogP contribution in [-0.4, -0.2) is 51.2 Å². The zero-order valence-corrected chi connectivity index (χ0v) is 18.6. The largest absolute Gasteiger partial charge is 0.481 e. The molecule has 0 bridgehead atoms. The van der Waals surface area contributed by atoms with Crippen LogP contribution < -0.4 is 0 Å². The Labute approximate surface area is 196 Å². The van der Waals surface area contributed by atoms with E-state index >= 15 is 0 Å². The van der Waals surface area contributed by atoms with Gasteiger partial charge in [-0.05, 0) is 37.1 Å². The second kappa shape index (κ2) is 12.6. The minimum absolute atomic E-state index is 0.0628. The first-order chi connectivity index (χ1) is 16.5. The highest BCUT2D eigenvalue weighted by molar-refractivity contribution is 5.67. The molecular weight excluding hydrogens is 436 g/mol. The molecule has 0 saturated heterocycles. The summed E-state index contributed by atoms with van der Waals surface area (Å²) in [5.74, 6) is -0.0982. The summed E-state index contributed by atoms with van der Waals surface area (Å²) in [6, 6.07) is 11.8. The van der Waals surface area contributed by atoms with E-state index in [1.54, 1.807) is 24.8 Å². The van der Waals surface area contributed by atoms with Gasteiger partial charge in [-0.15, -0.1) is 0 Å². The van der Waals surface area contributed by atoms with E-state index in [4.69, 9.17) is 10.2 Å². The number of rotatable bonds is 10. The van der Waals surface area contributed by atoms with Crippen molar-refractivity contribution < 1.29 is 19.8 Å². The highest BCUT2D eigenvalue weighted by Crippen LogP contribution is 2.17. The number of carboxylic acids is 2. The molecular formula is C24H26N6O4. The van der Waals surface area contributed by atoms with Crippen LogP contribution in [0.25, 0.3) is 11.6 Å². The number of aliphatic carboxylic acids is 2. The first kappa shape index (κ1) is 24.3. The molecule has 34 heavy (non-hydrogen) atoms. The second-order valence-electron chi connectivity index (χ2n) is 7.39. The highest BCUT2D eigenvalue weighted by Gasteiger charge is 2.13. The molecule has 4 aromatic rings. The predicted octanol–water partition coefficient (Wildman–Crippen LogP) is 3.35. The zero-order valence-electron chi connectivity index (χ0n) is 18.6. The molecule has 4 heterocycles. The summed E-state index contributed by atoms with van der Waals surface area (Å²) in [4.78, 5) is 37.5. The summed E-state index contributed by atoms with van der Waals surface area (Å²) >= 11 is 0. The SMILES string of the molecule is O=C(O)CCCCC(=O)O.c1ccc(Cn2ccnc2-c2nccn2Cc2ccccn2)nc1. The summed E-state index contributed by atoms with van der Waals surface area (Å²) in [6.45, 7) is 1.32. The number of nitrogens with zero attached hydrogens (tertiary/aromatic N) is 6. The number of pyridine rings is 2. The molecule has 0 fully saturated rings. The molecule has 2 N–H and O–H groups in total. The number of carbonyl (C=O) groups is 2. The first-order valence-corrected chi connectivity index (χ1v) is 10.8. The topological polar surface area (TPSA) is 136 Å². The average Bonchev–Trinajstić information content (AvgIpc) is 3.47. The number of carboxylic acid groups (broad SMARTS) is 2. The zero-order chi connectivity index (χ0) is 24.2. The van der Waals surface area contributed by atoms with E-state index in [0.717, 1.165) is 23.0 Å². The normalized spacial score (nSPS) is 10.4. The molecule has 0 spiro atoms. The van der Waals surface area contributed by atoms with Crippen LogP contribution in [0.15, 0.2) is 73.6 Å². The van der Waals surface area contributed by atoms with Gasteiger partial charge in [0.15, 0.2) is 11.6 Å². The van der Waals surface area contributed by atoms with Crippen LogP contribution in [-0.2, 0) is 22.7 Å². The average molecular weight is 463 g/mol. The lowest BCUT2D eigenvalue weighted by Gasteiger charge is -2.10. The van der Waals surface area contributed by atoms with Gasteiger partial charge in [0.05, 0.1) is 24.5 Å². The number of hydrogen-bond donors (Lipinski definition) is 2. The minimum Gasteiger partial charge on any atom is -0.481 e. The van der Waals surface area contributed by atoms with Crippen LogP contribution in [0.3, 0.4) is 0 Å². The van der Waals surface area contributed by atoms with Gasteiger partial charge >= 0.3 is 11.9 Å². The number of imidazole rings is 2. The molecule has 0 aliphatic rings. The van der Waals surface area contributed by atoms with Crippen molar-refractivity contribution in [1.82, 2.24) is 29.1 Å². The minimum atomic E-state index is -0.870. The lowest BCUT2D eigenvalue weighted by atomic mass is 10.2. The maximum atomic E-state index is 9.90. The molecule has 10 nitrogen and oxygen atoms in total. The predicted molar refractivity (Wildman–Crippen MR) is 124 cm³/mol. The first-order valence-electron chi connectivity index (χ1n) is 10.8. The van der Waals surface area contributed by atoms with Crippen molar-refractivity contribution in [3.8, 4) is 11.6 Å². The maximum absolute atomic E-state index is 9.90. The highest BCUT2D eigenvalue weighted by atomic mass is 16.4. The van der Waals surface area contributed by atoms with E-state index in [1.807, 2.05) is 48.8 Å². The molecule has 10 heteroatoms. The third-order valence-electron chi connectivity index (χ3n) is 4.78. The smallest absolute Gasteiger partial charge is 0.303 e. The second-order valence-corrected chi connectivity index (χ2v) is 7.39. The fourth-order valence-corrected chi connectivity index (χ4v) is 3.17. The molecule has 0 aliphatic carbocycles. The van der Waals surface area contributed by atoms with E-state index in [1.165, 1.54) is 0 Å². The Morgan fingerprint density at radius 3 is 1.44 bits per heavy atom. The van der Waals surface area contributed by atoms with Crippen LogP contribution in [0.5, 0.6) is 0 Å². The molecule has 0 unspecified atom stereocenters. The third-order valence-corrected chi connectivity index (χ3v) is 4.78. The molecule has 176 valence electrons. The monoisotopic (exact) mass is 462 g/mol. The van der Waals surface area contributed by atoms with Crippen molar-refractivity contribution in [3.63, 3.8) is 0 Å². The van der Waals surface area contributed by atoms with Crippen LogP contribution in [0.2, 0.25) is 0 Å². The molecule has 0 radical (unpaired) electrons. The molecule has 0 amide bonds. The van der Waals surface area contributed by atoms with Crippen molar-refractivity contribution in [2.24, 2.45) is 0 Å². The van der Waals surface area contributed by atoms with E-state index in [0.29, 0.717) is 25.9 Å². The standard InChI is InChI=1S/C18H16N6.C6H10O4/c1-3-7-19-15(5-1)13-23-11-9-21-17(23)18-22-10-12-24(18)14-16-6-2-4-8-20-16;7-5(8)3-1-2-4-6(9)10/h1-12H,13-14H2;1-4H2,(H,7,8)(H,9,10). The van der Waals surface area contributed by atoms with Crippen LogP contribution in [0.4, 0.5) is 0 Å². The van der Waals surface area contributed by atoms with Gasteiger partial charge in [0.1, 0.15) is 0 Å². The van der Waals surface area contributed by atoms with Crippen molar-refractivity contribution in [2.45, 2.75) is 38.8 Å². The molecule has 0 aromatic carbocycles. The van der Waals surface area contributed by atoms with E-state index in [2.05, 4.69) is 29.1 Å². The van der Waals surface area contributed by atoms with Gasteiger partial charge in [-0.25, -0.2) is 9.97 Å². The number of unbranched alkanes of at least 4 members (excludes halogenated alkanes) is 1. The summed E-state index contributed by atoms with van der Waals surface area (Å²) in [5.41, 5.74) is 1.97. The maximum Gasteiger partial charge on any atom is 0.303 e. The van der Waals surface area contributed by atoms with E-state index < -0.39 is 11.9 Å². The Hall–Kier alpha value is -4.34. The fourth-order valence-electron chi connectivity index (χ4n) is 3.17. The van der Waals surface area contributed by atoms with Crippen LogP contribution in [0.1, 0.15) is 37.1 Å². The van der Waals surface area contributed by atoms with Crippen molar-refractivity contribution in [1.29, 1.82) is 0 Å². The Balaban J connectivity index is 0.000000277. The molecule has 0 saturated carbocycles. The molecule has 4 aromatic heterocycles. The Morgan fingerprint density at radius 1 is 0.647 bits per heavy atom. The van der Waals surface area contributed by atoms with Gasteiger partial charge in [-0.3, -0.25) is 19.6 Å². The van der Waals surface area contributed by atoms with Gasteiger partial charge < -0.3 is 19.3 Å². The van der Waals surface area contributed by atoms with Gasteiger partial charge in [-0.2, -0.15) is 0 Å². The van der Waals surface area contributed by atoms with Gasteiger partial charge in [-0.1, -0.05) is 12.1 Å². The number of hydrogen-bond acceptors (Lipinski definition) is 6. The Kier molecular flexibility index (Phi) is 9.03. The van der Waals surface area contributed by atoms with E-state index in [-0.39, 0.29) is 12.8 Å². The van der Waals surface area contributed by atoms with Crippen LogP contribution in [0, 0.1) is 0 Å². The Bertz CT molecular complexity index is 1080. The molecule has 4 rings (SSSR count). The summed E-state index contributed by atoms with van der Waals surface area (Å²) in [5, 5.41) is 16.3. The van der Waals surface area contributed by atoms with Gasteiger partial charge in [0.2, 0.25) is 0 Å². The summed E-state index contributed by atoms with van der Waals surface area (Å²) in [6.07, 6.45) is 12.1. The Morgan fingerprint density at radius 2 is 1.09 bits per heavy atom. The van der Waals surface area contributed by atoms with Gasteiger partial charge in [0, 0.05) is 50.0 Å². The summed E-state index contributed by atoms with van der Waals surface area (Å²) < 4.78 is 4.11. The van der Waals surface area contributed by atoms with Gasteiger partial charge in [0.25, 0.3) is 0 Å². The lowest BCUT2D eigenvalue weighted by molar-refractivity contribution is -0.139. The fraction of sp³-hybridized carbons (Fsp3) is 0.250. The molecule has 0 aliphatic heterocycles.